The number of amides is 2. The maximum absolute atomic E-state index is 13.7. The Hall–Kier alpha value is -2.20. The van der Waals surface area contributed by atoms with E-state index in [-0.39, 0.29) is 12.5 Å². The molecule has 5 atom stereocenters. The lowest BCUT2D eigenvalue weighted by atomic mass is 9.95. The number of hydrogen-bond donors (Lipinski definition) is 4. The zero-order chi connectivity index (χ0) is 32.7. The van der Waals surface area contributed by atoms with Gasteiger partial charge in [-0.15, -0.1) is 0 Å². The van der Waals surface area contributed by atoms with E-state index in [2.05, 4.69) is 19.2 Å². The summed E-state index contributed by atoms with van der Waals surface area (Å²) in [6.07, 6.45) is 13.6. The second-order valence-electron chi connectivity index (χ2n) is 12.6. The van der Waals surface area contributed by atoms with Crippen molar-refractivity contribution in [3.63, 3.8) is 0 Å². The second kappa shape index (κ2) is 24.0. The van der Waals surface area contributed by atoms with Gasteiger partial charge in [-0.05, 0) is 18.4 Å². The van der Waals surface area contributed by atoms with Crippen LogP contribution in [0.15, 0.2) is 30.3 Å². The van der Waals surface area contributed by atoms with E-state index in [1.165, 1.54) is 64.2 Å². The highest BCUT2D eigenvalue weighted by molar-refractivity contribution is 5.76. The van der Waals surface area contributed by atoms with Crippen LogP contribution in [-0.4, -0.2) is 76.0 Å². The number of nitrogens with zero attached hydrogens (tertiary/aromatic N) is 1. The molecule has 0 bridgehead atoms. The summed E-state index contributed by atoms with van der Waals surface area (Å²) >= 11 is 0. The van der Waals surface area contributed by atoms with E-state index in [0.29, 0.717) is 13.0 Å². The number of ether oxygens (including phenoxy) is 2. The summed E-state index contributed by atoms with van der Waals surface area (Å²) in [7, 11) is 0. The summed E-state index contributed by atoms with van der Waals surface area (Å²) in [5.41, 5.74) is 0.803. The van der Waals surface area contributed by atoms with Crippen LogP contribution < -0.4 is 5.32 Å². The van der Waals surface area contributed by atoms with Gasteiger partial charge in [-0.1, -0.05) is 140 Å². The molecule has 0 saturated carbocycles. The van der Waals surface area contributed by atoms with Crippen LogP contribution >= 0.6 is 0 Å². The molecule has 9 nitrogen and oxygen atoms in total. The quantitative estimate of drug-likeness (QED) is 0.0942. The van der Waals surface area contributed by atoms with E-state index < -0.39 is 43.3 Å². The predicted molar refractivity (Wildman–Crippen MR) is 177 cm³/mol. The molecule has 45 heavy (non-hydrogen) atoms. The van der Waals surface area contributed by atoms with Crippen LogP contribution in [0.2, 0.25) is 0 Å². The van der Waals surface area contributed by atoms with Crippen LogP contribution in [0.1, 0.15) is 135 Å². The van der Waals surface area contributed by atoms with Gasteiger partial charge in [-0.25, -0.2) is 4.79 Å². The maximum Gasteiger partial charge on any atom is 0.407 e. The van der Waals surface area contributed by atoms with E-state index in [1.54, 1.807) is 4.90 Å². The van der Waals surface area contributed by atoms with Crippen LogP contribution in [0.5, 0.6) is 0 Å². The predicted octanol–water partition coefficient (Wildman–Crippen LogP) is 6.61. The largest absolute Gasteiger partial charge is 0.445 e. The van der Waals surface area contributed by atoms with Crippen LogP contribution in [0.3, 0.4) is 0 Å². The van der Waals surface area contributed by atoms with Gasteiger partial charge in [0.15, 0.2) is 6.23 Å². The molecule has 1 aliphatic rings. The Morgan fingerprint density at radius 1 is 0.778 bits per heavy atom. The van der Waals surface area contributed by atoms with Crippen molar-refractivity contribution >= 4 is 12.0 Å². The van der Waals surface area contributed by atoms with Gasteiger partial charge in [0.05, 0.1) is 6.61 Å². The molecule has 1 aromatic carbocycles. The molecule has 0 aromatic heterocycles. The van der Waals surface area contributed by atoms with Gasteiger partial charge in [0, 0.05) is 13.0 Å². The molecule has 4 N–H and O–H groups in total. The number of alkyl carbamates (subject to hydrolysis) is 1. The highest BCUT2D eigenvalue weighted by atomic mass is 16.6. The molecule has 2 rings (SSSR count). The minimum Gasteiger partial charge on any atom is -0.445 e. The fourth-order valence-electron chi connectivity index (χ4n) is 5.96. The van der Waals surface area contributed by atoms with Gasteiger partial charge < -0.3 is 35.0 Å². The first kappa shape index (κ1) is 39.0. The van der Waals surface area contributed by atoms with Crippen LogP contribution in [-0.2, 0) is 20.9 Å². The number of carbonyl (C=O) groups excluding carboxylic acids is 2. The number of carbonyl (C=O) groups is 2. The van der Waals surface area contributed by atoms with Gasteiger partial charge in [0.1, 0.15) is 31.0 Å². The summed E-state index contributed by atoms with van der Waals surface area (Å²) in [4.78, 5) is 28.2. The fourth-order valence-corrected chi connectivity index (χ4v) is 5.96. The normalized spacial score (nSPS) is 21.4. The molecule has 0 radical (unpaired) electrons. The van der Waals surface area contributed by atoms with Crippen molar-refractivity contribution in [2.24, 2.45) is 0 Å². The van der Waals surface area contributed by atoms with Crippen LogP contribution in [0.25, 0.3) is 0 Å². The summed E-state index contributed by atoms with van der Waals surface area (Å²) in [6.45, 7) is 4.32. The molecular weight excluding hydrogens is 572 g/mol. The minimum absolute atomic E-state index is 0.0301. The highest BCUT2D eigenvalue weighted by Crippen LogP contribution is 2.26. The summed E-state index contributed by atoms with van der Waals surface area (Å²) in [6, 6.07) is 8.10. The molecule has 0 spiro atoms. The number of benzene rings is 1. The van der Waals surface area contributed by atoms with Gasteiger partial charge >= 0.3 is 6.09 Å². The third kappa shape index (κ3) is 15.3. The Labute approximate surface area is 272 Å². The molecular formula is C36H62N2O7. The molecule has 2 amide bonds. The zero-order valence-electron chi connectivity index (χ0n) is 28.0. The van der Waals surface area contributed by atoms with Crippen molar-refractivity contribution in [2.45, 2.75) is 167 Å². The van der Waals surface area contributed by atoms with E-state index in [0.717, 1.165) is 50.5 Å². The van der Waals surface area contributed by atoms with Gasteiger partial charge in [-0.2, -0.15) is 0 Å². The van der Waals surface area contributed by atoms with Crippen LogP contribution in [0, 0.1) is 0 Å². The van der Waals surface area contributed by atoms with Crippen LogP contribution in [0.4, 0.5) is 4.79 Å². The van der Waals surface area contributed by atoms with Gasteiger partial charge in [-0.3, -0.25) is 4.79 Å². The summed E-state index contributed by atoms with van der Waals surface area (Å²) < 4.78 is 11.5. The van der Waals surface area contributed by atoms with Crippen molar-refractivity contribution in [2.75, 3.05) is 13.2 Å². The first-order chi connectivity index (χ1) is 21.9. The molecule has 1 saturated heterocycles. The van der Waals surface area contributed by atoms with Crippen molar-refractivity contribution in [3.8, 4) is 0 Å². The van der Waals surface area contributed by atoms with Crippen molar-refractivity contribution < 1.29 is 34.4 Å². The highest BCUT2D eigenvalue weighted by Gasteiger charge is 2.48. The Kier molecular flexibility index (Phi) is 20.8. The third-order valence-electron chi connectivity index (χ3n) is 8.77. The van der Waals surface area contributed by atoms with E-state index in [4.69, 9.17) is 9.47 Å². The average molecular weight is 635 g/mol. The lowest BCUT2D eigenvalue weighted by molar-refractivity contribution is -0.230. The SMILES string of the molecule is CCCCCCCCCCCC(=O)N(CCCCCCCCCC)[C@@H]1O[C@H](CO)[C@@H](O)[C@H](O)[C@H]1NC(=O)OCc1ccccc1. The molecule has 1 fully saturated rings. The first-order valence-corrected chi connectivity index (χ1v) is 17.8. The third-order valence-corrected chi connectivity index (χ3v) is 8.77. The number of nitrogens with one attached hydrogen (secondary N) is 1. The molecule has 1 aromatic rings. The molecule has 258 valence electrons. The number of aliphatic hydroxyl groups is 3. The van der Waals surface area contributed by atoms with E-state index in [1.807, 2.05) is 30.3 Å². The molecule has 0 aliphatic carbocycles. The monoisotopic (exact) mass is 634 g/mol. The lowest BCUT2D eigenvalue weighted by Gasteiger charge is -2.46. The number of rotatable bonds is 24. The van der Waals surface area contributed by atoms with E-state index >= 15 is 0 Å². The standard InChI is InChI=1S/C36H62N2O7/c1-3-5-7-9-11-13-14-16-21-25-31(40)38(26-22-17-15-12-10-8-6-4-2)35-32(34(42)33(41)30(27-39)45-35)37-36(43)44-28-29-23-19-18-20-24-29/h18-20,23-24,30,32-35,39,41-42H,3-17,21-22,25-28H2,1-2H3,(H,37,43)/t30-,32-,33-,34-,35-/m1/s1. The van der Waals surface area contributed by atoms with E-state index in [9.17, 15) is 24.9 Å². The first-order valence-electron chi connectivity index (χ1n) is 17.8. The van der Waals surface area contributed by atoms with Crippen molar-refractivity contribution in [1.29, 1.82) is 0 Å². The van der Waals surface area contributed by atoms with Gasteiger partial charge in [0.25, 0.3) is 0 Å². The Morgan fingerprint density at radius 3 is 1.87 bits per heavy atom. The summed E-state index contributed by atoms with van der Waals surface area (Å²) in [5, 5.41) is 34.3. The number of aliphatic hydroxyl groups excluding tert-OH is 3. The molecule has 0 unspecified atom stereocenters. The topological polar surface area (TPSA) is 129 Å². The molecule has 1 aliphatic heterocycles. The number of hydrogen-bond acceptors (Lipinski definition) is 7. The molecule has 9 heteroatoms. The minimum atomic E-state index is -1.47. The second-order valence-corrected chi connectivity index (χ2v) is 12.6. The van der Waals surface area contributed by atoms with Crippen molar-refractivity contribution in [1.82, 2.24) is 10.2 Å². The average Bonchev–Trinajstić information content (AvgIpc) is 3.05. The smallest absolute Gasteiger partial charge is 0.407 e. The number of unbranched alkanes of at least 4 members (excludes halogenated alkanes) is 15. The summed E-state index contributed by atoms with van der Waals surface area (Å²) in [5.74, 6) is -0.115. The Balaban J connectivity index is 2.05. The fraction of sp³-hybridized carbons (Fsp3) is 0.778. The lowest BCUT2D eigenvalue weighted by Crippen LogP contribution is -2.68. The van der Waals surface area contributed by atoms with Crippen molar-refractivity contribution in [3.05, 3.63) is 35.9 Å². The maximum atomic E-state index is 13.7. The zero-order valence-corrected chi connectivity index (χ0v) is 28.0. The Morgan fingerprint density at radius 2 is 1.31 bits per heavy atom. The molecule has 1 heterocycles. The van der Waals surface area contributed by atoms with Gasteiger partial charge in [0.2, 0.25) is 5.91 Å². The Bertz CT molecular complexity index is 903.